The maximum absolute atomic E-state index is 12.1. The first-order chi connectivity index (χ1) is 10.2. The number of nitrogens with zero attached hydrogens (tertiary/aromatic N) is 1. The van der Waals surface area contributed by atoms with Crippen molar-refractivity contribution in [1.29, 1.82) is 0 Å². The number of aromatic nitrogens is 1. The molecular formula is C14H16N2O5. The molecule has 1 atom stereocenters. The Morgan fingerprint density at radius 2 is 2.33 bits per heavy atom. The van der Waals surface area contributed by atoms with Gasteiger partial charge in [0.15, 0.2) is 0 Å². The molecule has 0 aliphatic carbocycles. The Hall–Kier alpha value is -2.25. The summed E-state index contributed by atoms with van der Waals surface area (Å²) in [6.45, 7) is 1.87. The predicted molar refractivity (Wildman–Crippen MR) is 73.8 cm³/mol. The van der Waals surface area contributed by atoms with E-state index in [-0.39, 0.29) is 12.0 Å². The van der Waals surface area contributed by atoms with Crippen molar-refractivity contribution in [1.82, 2.24) is 10.3 Å². The van der Waals surface area contributed by atoms with Crippen LogP contribution in [0.2, 0.25) is 0 Å². The second-order valence-corrected chi connectivity index (χ2v) is 4.41. The molecule has 1 aromatic rings. The van der Waals surface area contributed by atoms with Crippen LogP contribution >= 0.6 is 0 Å². The van der Waals surface area contributed by atoms with Crippen molar-refractivity contribution in [3.63, 3.8) is 0 Å². The highest BCUT2D eigenvalue weighted by Crippen LogP contribution is 2.09. The lowest BCUT2D eigenvalue weighted by Gasteiger charge is -2.23. The number of ether oxygens (including phenoxy) is 2. The first-order valence-corrected chi connectivity index (χ1v) is 6.49. The Morgan fingerprint density at radius 1 is 1.48 bits per heavy atom. The summed E-state index contributed by atoms with van der Waals surface area (Å²) in [4.78, 5) is 26.6. The molecular weight excluding hydrogens is 276 g/mol. The molecule has 1 saturated heterocycles. The lowest BCUT2D eigenvalue weighted by atomic mass is 10.1. The largest absolute Gasteiger partial charge is 0.478 e. The second-order valence-electron chi connectivity index (χ2n) is 4.41. The number of carbonyl (C=O) groups is 2. The van der Waals surface area contributed by atoms with E-state index in [0.717, 1.165) is 6.08 Å². The van der Waals surface area contributed by atoms with Gasteiger partial charge in [-0.2, -0.15) is 0 Å². The van der Waals surface area contributed by atoms with Gasteiger partial charge in [-0.1, -0.05) is 0 Å². The molecule has 1 unspecified atom stereocenters. The van der Waals surface area contributed by atoms with Crippen LogP contribution in [0.3, 0.4) is 0 Å². The van der Waals surface area contributed by atoms with Crippen LogP contribution in [0.1, 0.15) is 15.9 Å². The van der Waals surface area contributed by atoms with Crippen molar-refractivity contribution in [2.24, 2.45) is 0 Å². The molecule has 112 valence electrons. The fourth-order valence-corrected chi connectivity index (χ4v) is 1.86. The Kier molecular flexibility index (Phi) is 5.42. The second kappa shape index (κ2) is 7.51. The lowest BCUT2D eigenvalue weighted by Crippen LogP contribution is -2.39. The van der Waals surface area contributed by atoms with Crippen LogP contribution in [-0.4, -0.2) is 54.4 Å². The van der Waals surface area contributed by atoms with Gasteiger partial charge in [-0.25, -0.2) is 4.79 Å². The zero-order valence-electron chi connectivity index (χ0n) is 11.3. The Balaban J connectivity index is 1.99. The molecule has 0 radical (unpaired) electrons. The van der Waals surface area contributed by atoms with E-state index in [1.807, 2.05) is 0 Å². The Labute approximate surface area is 121 Å². The molecule has 0 bridgehead atoms. The number of hydrogen-bond donors (Lipinski definition) is 2. The van der Waals surface area contributed by atoms with Gasteiger partial charge in [0.05, 0.1) is 25.9 Å². The number of aliphatic carboxylic acids is 1. The molecule has 0 saturated carbocycles. The summed E-state index contributed by atoms with van der Waals surface area (Å²) in [6, 6.07) is 1.54. The van der Waals surface area contributed by atoms with Gasteiger partial charge >= 0.3 is 5.97 Å². The normalized spacial score (nSPS) is 18.6. The molecule has 1 aromatic heterocycles. The first kappa shape index (κ1) is 15.1. The molecule has 7 nitrogen and oxygen atoms in total. The van der Waals surface area contributed by atoms with Gasteiger partial charge in [0.25, 0.3) is 5.91 Å². The van der Waals surface area contributed by atoms with Crippen molar-refractivity contribution in [3.8, 4) is 0 Å². The highest BCUT2D eigenvalue weighted by Gasteiger charge is 2.16. The summed E-state index contributed by atoms with van der Waals surface area (Å²) in [5.74, 6) is -1.39. The summed E-state index contributed by atoms with van der Waals surface area (Å²) < 4.78 is 10.7. The minimum absolute atomic E-state index is 0.164. The number of carboxylic acids is 1. The molecule has 2 N–H and O–H groups in total. The third kappa shape index (κ3) is 4.66. The monoisotopic (exact) mass is 292 g/mol. The third-order valence-electron chi connectivity index (χ3n) is 2.88. The quantitative estimate of drug-likeness (QED) is 0.759. The number of carbonyl (C=O) groups excluding carboxylic acids is 1. The minimum Gasteiger partial charge on any atom is -0.478 e. The highest BCUT2D eigenvalue weighted by atomic mass is 16.6. The molecule has 2 heterocycles. The molecule has 0 aromatic carbocycles. The van der Waals surface area contributed by atoms with Gasteiger partial charge in [-0.15, -0.1) is 0 Å². The van der Waals surface area contributed by atoms with Crippen LogP contribution < -0.4 is 5.32 Å². The standard InChI is InChI=1S/C14H16N2O5/c17-13(18)2-1-10-7-15-4-3-12(10)14(19)16-8-11-9-20-5-6-21-11/h1-4,7,11H,5-6,8-9H2,(H,16,19)(H,17,18). The van der Waals surface area contributed by atoms with Crippen LogP contribution in [0.25, 0.3) is 6.08 Å². The SMILES string of the molecule is O=C(O)C=Cc1cnccc1C(=O)NCC1COCCO1. The molecule has 1 aliphatic heterocycles. The fourth-order valence-electron chi connectivity index (χ4n) is 1.86. The minimum atomic E-state index is -1.09. The van der Waals surface area contributed by atoms with Crippen molar-refractivity contribution in [3.05, 3.63) is 35.7 Å². The van der Waals surface area contributed by atoms with Crippen LogP contribution in [0.4, 0.5) is 0 Å². The molecule has 1 amide bonds. The molecule has 7 heteroatoms. The van der Waals surface area contributed by atoms with Crippen molar-refractivity contribution < 1.29 is 24.2 Å². The Bertz CT molecular complexity index is 538. The van der Waals surface area contributed by atoms with E-state index in [1.165, 1.54) is 24.5 Å². The molecule has 1 fully saturated rings. The molecule has 2 rings (SSSR count). The first-order valence-electron chi connectivity index (χ1n) is 6.49. The van der Waals surface area contributed by atoms with E-state index in [0.29, 0.717) is 37.5 Å². The molecule has 21 heavy (non-hydrogen) atoms. The third-order valence-corrected chi connectivity index (χ3v) is 2.88. The molecule has 0 spiro atoms. The summed E-state index contributed by atoms with van der Waals surface area (Å²) in [5.41, 5.74) is 0.803. The van der Waals surface area contributed by atoms with Crippen LogP contribution in [0, 0.1) is 0 Å². The average molecular weight is 292 g/mol. The molecule has 1 aliphatic rings. The average Bonchev–Trinajstić information content (AvgIpc) is 2.52. The number of pyridine rings is 1. The van der Waals surface area contributed by atoms with Crippen molar-refractivity contribution >= 4 is 18.0 Å². The maximum Gasteiger partial charge on any atom is 0.328 e. The van der Waals surface area contributed by atoms with E-state index >= 15 is 0 Å². The van der Waals surface area contributed by atoms with Gasteiger partial charge < -0.3 is 19.9 Å². The zero-order chi connectivity index (χ0) is 15.1. The van der Waals surface area contributed by atoms with Gasteiger partial charge in [0, 0.05) is 36.1 Å². The van der Waals surface area contributed by atoms with Crippen molar-refractivity contribution in [2.45, 2.75) is 6.10 Å². The van der Waals surface area contributed by atoms with E-state index in [9.17, 15) is 9.59 Å². The van der Waals surface area contributed by atoms with Gasteiger partial charge in [0.1, 0.15) is 0 Å². The summed E-state index contributed by atoms with van der Waals surface area (Å²) in [7, 11) is 0. The Morgan fingerprint density at radius 3 is 3.05 bits per heavy atom. The van der Waals surface area contributed by atoms with Crippen LogP contribution in [-0.2, 0) is 14.3 Å². The predicted octanol–water partition coefficient (Wildman–Crippen LogP) is 0.325. The van der Waals surface area contributed by atoms with E-state index in [1.54, 1.807) is 0 Å². The van der Waals surface area contributed by atoms with E-state index in [4.69, 9.17) is 14.6 Å². The van der Waals surface area contributed by atoms with Gasteiger partial charge in [-0.3, -0.25) is 9.78 Å². The number of amides is 1. The maximum atomic E-state index is 12.1. The van der Waals surface area contributed by atoms with Crippen molar-refractivity contribution in [2.75, 3.05) is 26.4 Å². The summed E-state index contributed by atoms with van der Waals surface area (Å²) in [6.07, 6.45) is 5.06. The smallest absolute Gasteiger partial charge is 0.328 e. The zero-order valence-corrected chi connectivity index (χ0v) is 11.3. The van der Waals surface area contributed by atoms with E-state index < -0.39 is 5.97 Å². The van der Waals surface area contributed by atoms with E-state index in [2.05, 4.69) is 10.3 Å². The van der Waals surface area contributed by atoms with Crippen LogP contribution in [0.5, 0.6) is 0 Å². The van der Waals surface area contributed by atoms with Gasteiger partial charge in [0.2, 0.25) is 0 Å². The van der Waals surface area contributed by atoms with Crippen LogP contribution in [0.15, 0.2) is 24.5 Å². The number of hydrogen-bond acceptors (Lipinski definition) is 5. The number of nitrogens with one attached hydrogen (secondary N) is 1. The lowest BCUT2D eigenvalue weighted by molar-refractivity contribution is -0.131. The topological polar surface area (TPSA) is 97.8 Å². The summed E-state index contributed by atoms with van der Waals surface area (Å²) in [5, 5.41) is 11.4. The fraction of sp³-hybridized carbons (Fsp3) is 0.357. The number of rotatable bonds is 5. The highest BCUT2D eigenvalue weighted by molar-refractivity contribution is 5.98. The number of carboxylic acid groups (broad SMARTS) is 1. The van der Waals surface area contributed by atoms with Gasteiger partial charge in [-0.05, 0) is 12.1 Å². The summed E-state index contributed by atoms with van der Waals surface area (Å²) >= 11 is 0.